The van der Waals surface area contributed by atoms with E-state index in [0.717, 1.165) is 17.5 Å². The van der Waals surface area contributed by atoms with Gasteiger partial charge >= 0.3 is 11.8 Å². The topological polar surface area (TPSA) is 101 Å². The van der Waals surface area contributed by atoms with Crippen molar-refractivity contribution in [1.82, 2.24) is 14.9 Å². The number of likely N-dealkylation sites (tertiary alicyclic amines) is 1. The second-order valence-corrected chi connectivity index (χ2v) is 7.15. The van der Waals surface area contributed by atoms with Gasteiger partial charge in [-0.05, 0) is 48.4 Å². The molecular weight excluding hydrogens is 361 g/mol. The van der Waals surface area contributed by atoms with Crippen LogP contribution in [-0.2, 0) is 16.0 Å². The van der Waals surface area contributed by atoms with Crippen molar-refractivity contribution in [3.05, 3.63) is 47.7 Å². The molecule has 1 aliphatic rings. The molecule has 2 aromatic rings. The fourth-order valence-corrected chi connectivity index (χ4v) is 3.50. The van der Waals surface area contributed by atoms with Gasteiger partial charge in [0.1, 0.15) is 5.82 Å². The molecular formula is C20H24FN5O2. The van der Waals surface area contributed by atoms with Crippen molar-refractivity contribution >= 4 is 23.3 Å². The van der Waals surface area contributed by atoms with Gasteiger partial charge in [0.15, 0.2) is 0 Å². The van der Waals surface area contributed by atoms with Crippen LogP contribution in [0.2, 0.25) is 0 Å². The largest absolute Gasteiger partial charge is 0.383 e. The third-order valence-electron chi connectivity index (χ3n) is 5.05. The number of rotatable bonds is 3. The smallest absolute Gasteiger partial charge is 0.313 e. The number of hydrogen-bond acceptors (Lipinski definition) is 5. The van der Waals surface area contributed by atoms with Crippen LogP contribution < -0.4 is 11.1 Å². The number of nitrogens with two attached hydrogens (primary N) is 1. The molecule has 0 saturated carbocycles. The highest BCUT2D eigenvalue weighted by Crippen LogP contribution is 2.33. The lowest BCUT2D eigenvalue weighted by Gasteiger charge is -2.38. The molecule has 1 fully saturated rings. The number of aromatic nitrogens is 2. The Kier molecular flexibility index (Phi) is 5.87. The Morgan fingerprint density at radius 1 is 1.29 bits per heavy atom. The van der Waals surface area contributed by atoms with Gasteiger partial charge in [0.25, 0.3) is 0 Å². The Morgan fingerprint density at radius 2 is 2.07 bits per heavy atom. The van der Waals surface area contributed by atoms with Gasteiger partial charge in [0.2, 0.25) is 5.95 Å². The van der Waals surface area contributed by atoms with Gasteiger partial charge in [-0.25, -0.2) is 9.97 Å². The van der Waals surface area contributed by atoms with Crippen LogP contribution in [0.15, 0.2) is 30.6 Å². The van der Waals surface area contributed by atoms with Crippen molar-refractivity contribution in [2.75, 3.05) is 17.6 Å². The van der Waals surface area contributed by atoms with Gasteiger partial charge in [-0.1, -0.05) is 19.9 Å². The normalized spacial score (nSPS) is 19.3. The van der Waals surface area contributed by atoms with E-state index in [1.165, 1.54) is 18.5 Å². The highest BCUT2D eigenvalue weighted by molar-refractivity contribution is 6.39. The molecule has 3 rings (SSSR count). The lowest BCUT2D eigenvalue weighted by Crippen LogP contribution is -2.46. The Balaban J connectivity index is 1.79. The van der Waals surface area contributed by atoms with Crippen molar-refractivity contribution in [2.24, 2.45) is 5.92 Å². The minimum absolute atomic E-state index is 0.270. The van der Waals surface area contributed by atoms with E-state index in [0.29, 0.717) is 30.9 Å². The van der Waals surface area contributed by atoms with Gasteiger partial charge in [0, 0.05) is 12.7 Å². The van der Waals surface area contributed by atoms with Crippen LogP contribution in [-0.4, -0.2) is 33.2 Å². The molecule has 8 heteroatoms. The second kappa shape index (κ2) is 8.33. The van der Waals surface area contributed by atoms with E-state index in [-0.39, 0.29) is 12.0 Å². The Bertz CT molecular complexity index is 871. The predicted octanol–water partition coefficient (Wildman–Crippen LogP) is 2.70. The van der Waals surface area contributed by atoms with E-state index in [4.69, 9.17) is 5.73 Å². The van der Waals surface area contributed by atoms with Gasteiger partial charge in [-0.3, -0.25) is 9.59 Å². The maximum Gasteiger partial charge on any atom is 0.313 e. The van der Waals surface area contributed by atoms with Crippen LogP contribution in [0.5, 0.6) is 0 Å². The highest BCUT2D eigenvalue weighted by Gasteiger charge is 2.34. The number of nitrogens with one attached hydrogen (secondary N) is 1. The molecule has 7 nitrogen and oxygen atoms in total. The molecule has 28 heavy (non-hydrogen) atoms. The van der Waals surface area contributed by atoms with E-state index >= 15 is 0 Å². The number of carbonyl (C=O) groups excluding carboxylic acids is 2. The molecule has 2 amide bonds. The van der Waals surface area contributed by atoms with Gasteiger partial charge in [0.05, 0.1) is 17.9 Å². The second-order valence-electron chi connectivity index (χ2n) is 7.15. The third kappa shape index (κ3) is 4.27. The first-order valence-corrected chi connectivity index (χ1v) is 9.36. The standard InChI is InChI=1S/C20H24FN5O2/c1-3-13-8-15(10-24-18(13)22)25-19(27)20(28)26-11-12(2)4-6-16(26)14-5-7-17(21)23-9-14/h5,7-10,12,16H,3-4,6,11H2,1-2H3,(H2,22,24)(H,25,27)/t12-,16+/m0/s1. The summed E-state index contributed by atoms with van der Waals surface area (Å²) in [6.45, 7) is 4.42. The van der Waals surface area contributed by atoms with Crippen molar-refractivity contribution in [2.45, 2.75) is 39.2 Å². The Labute approximate surface area is 163 Å². The van der Waals surface area contributed by atoms with E-state index < -0.39 is 17.8 Å². The third-order valence-corrected chi connectivity index (χ3v) is 5.05. The maximum atomic E-state index is 13.2. The summed E-state index contributed by atoms with van der Waals surface area (Å²) < 4.78 is 13.2. The maximum absolute atomic E-state index is 13.2. The molecule has 0 aliphatic carbocycles. The Hall–Kier alpha value is -3.03. The molecule has 2 aromatic heterocycles. The molecule has 3 heterocycles. The number of hydrogen-bond donors (Lipinski definition) is 2. The summed E-state index contributed by atoms with van der Waals surface area (Å²) in [5.74, 6) is -1.27. The number of nitrogens with zero attached hydrogens (tertiary/aromatic N) is 3. The number of piperidine rings is 1. The molecule has 1 saturated heterocycles. The van der Waals surface area contributed by atoms with Crippen LogP contribution in [0.25, 0.3) is 0 Å². The van der Waals surface area contributed by atoms with E-state index in [9.17, 15) is 14.0 Å². The Morgan fingerprint density at radius 3 is 2.75 bits per heavy atom. The SMILES string of the molecule is CCc1cc(NC(=O)C(=O)N2C[C@@H](C)CC[C@@H]2c2ccc(F)nc2)cnc1N. The molecule has 0 unspecified atom stereocenters. The molecule has 0 radical (unpaired) electrons. The number of pyridine rings is 2. The first-order valence-electron chi connectivity index (χ1n) is 9.36. The fraction of sp³-hybridized carbons (Fsp3) is 0.400. The van der Waals surface area contributed by atoms with Crippen LogP contribution in [0.4, 0.5) is 15.9 Å². The quantitative estimate of drug-likeness (QED) is 0.625. The molecule has 2 atom stereocenters. The average molecular weight is 385 g/mol. The molecule has 0 bridgehead atoms. The lowest BCUT2D eigenvalue weighted by molar-refractivity contribution is -0.146. The van der Waals surface area contributed by atoms with Crippen LogP contribution in [0.1, 0.15) is 43.9 Å². The molecule has 3 N–H and O–H groups in total. The molecule has 0 spiro atoms. The lowest BCUT2D eigenvalue weighted by atomic mass is 9.90. The molecule has 0 aromatic carbocycles. The zero-order chi connectivity index (χ0) is 20.3. The number of amides is 2. The van der Waals surface area contributed by atoms with Crippen molar-refractivity contribution in [3.8, 4) is 0 Å². The van der Waals surface area contributed by atoms with Gasteiger partial charge in [-0.15, -0.1) is 0 Å². The summed E-state index contributed by atoms with van der Waals surface area (Å²) in [5, 5.41) is 2.61. The minimum atomic E-state index is -0.734. The summed E-state index contributed by atoms with van der Waals surface area (Å²) >= 11 is 0. The van der Waals surface area contributed by atoms with Crippen LogP contribution >= 0.6 is 0 Å². The fourth-order valence-electron chi connectivity index (χ4n) is 3.50. The van der Waals surface area contributed by atoms with Gasteiger partial charge in [-0.2, -0.15) is 4.39 Å². The summed E-state index contributed by atoms with van der Waals surface area (Å²) in [4.78, 5) is 34.8. The van der Waals surface area contributed by atoms with E-state index in [2.05, 4.69) is 15.3 Å². The first kappa shape index (κ1) is 19.7. The molecule has 1 aliphatic heterocycles. The number of aryl methyl sites for hydroxylation is 1. The predicted molar refractivity (Wildman–Crippen MR) is 104 cm³/mol. The first-order chi connectivity index (χ1) is 13.4. The summed E-state index contributed by atoms with van der Waals surface area (Å²) in [7, 11) is 0. The van der Waals surface area contributed by atoms with Gasteiger partial charge < -0.3 is 16.0 Å². The zero-order valence-electron chi connectivity index (χ0n) is 16.0. The van der Waals surface area contributed by atoms with Crippen LogP contribution in [0, 0.1) is 11.9 Å². The van der Waals surface area contributed by atoms with Crippen molar-refractivity contribution in [1.29, 1.82) is 0 Å². The number of carbonyl (C=O) groups is 2. The summed E-state index contributed by atoms with van der Waals surface area (Å²) in [6, 6.07) is 4.28. The number of halogens is 1. The zero-order valence-corrected chi connectivity index (χ0v) is 16.0. The summed E-state index contributed by atoms with van der Waals surface area (Å²) in [6.07, 6.45) is 5.12. The molecule has 148 valence electrons. The van der Waals surface area contributed by atoms with Crippen molar-refractivity contribution in [3.63, 3.8) is 0 Å². The number of nitrogen functional groups attached to an aromatic ring is 1. The van der Waals surface area contributed by atoms with Crippen LogP contribution in [0.3, 0.4) is 0 Å². The average Bonchev–Trinajstić information content (AvgIpc) is 2.69. The van der Waals surface area contributed by atoms with Crippen molar-refractivity contribution < 1.29 is 14.0 Å². The highest BCUT2D eigenvalue weighted by atomic mass is 19.1. The number of anilines is 2. The summed E-state index contributed by atoms with van der Waals surface area (Å²) in [5.41, 5.74) is 7.73. The minimum Gasteiger partial charge on any atom is -0.383 e. The van der Waals surface area contributed by atoms with E-state index in [1.54, 1.807) is 17.0 Å². The van der Waals surface area contributed by atoms with E-state index in [1.807, 2.05) is 13.8 Å². The monoisotopic (exact) mass is 385 g/mol.